The second-order valence-electron chi connectivity index (χ2n) is 3.86. The van der Waals surface area contributed by atoms with E-state index in [1.165, 1.54) is 18.0 Å². The van der Waals surface area contributed by atoms with Crippen molar-refractivity contribution in [2.75, 3.05) is 18.3 Å². The third kappa shape index (κ3) is 4.25. The lowest BCUT2D eigenvalue weighted by Gasteiger charge is -2.02. The van der Waals surface area contributed by atoms with E-state index >= 15 is 0 Å². The van der Waals surface area contributed by atoms with Gasteiger partial charge in [0.25, 0.3) is 0 Å². The van der Waals surface area contributed by atoms with E-state index in [0.29, 0.717) is 22.4 Å². The molecule has 2 aromatic rings. The van der Waals surface area contributed by atoms with Gasteiger partial charge < -0.3 is 9.84 Å². The summed E-state index contributed by atoms with van der Waals surface area (Å²) in [7, 11) is 1.56. The van der Waals surface area contributed by atoms with Crippen LogP contribution < -0.4 is 10.2 Å². The summed E-state index contributed by atoms with van der Waals surface area (Å²) in [5.74, 6) is 1.90. The highest BCUT2D eigenvalue weighted by molar-refractivity contribution is 7.99. The number of methoxy groups -OCH3 is 1. The van der Waals surface area contributed by atoms with Crippen LogP contribution in [0.25, 0.3) is 0 Å². The Kier molecular flexibility index (Phi) is 5.22. The van der Waals surface area contributed by atoms with Crippen molar-refractivity contribution in [2.24, 2.45) is 5.10 Å². The Morgan fingerprint density at radius 2 is 2.43 bits per heavy atom. The van der Waals surface area contributed by atoms with Gasteiger partial charge >= 0.3 is 0 Å². The fraction of sp³-hybridized carbons (Fsp3) is 0.154. The van der Waals surface area contributed by atoms with Crippen molar-refractivity contribution in [3.63, 3.8) is 0 Å². The predicted octanol–water partition coefficient (Wildman–Crippen LogP) is 2.24. The molecule has 1 aromatic heterocycles. The summed E-state index contributed by atoms with van der Waals surface area (Å²) in [5.41, 5.74) is 3.23. The van der Waals surface area contributed by atoms with Crippen molar-refractivity contribution in [3.8, 4) is 11.5 Å². The Balaban J connectivity index is 1.98. The highest BCUT2D eigenvalue weighted by Gasteiger charge is 2.02. The van der Waals surface area contributed by atoms with Crippen molar-refractivity contribution in [3.05, 3.63) is 36.4 Å². The molecular formula is C13H15N5O2S. The van der Waals surface area contributed by atoms with Gasteiger partial charge in [0.2, 0.25) is 11.1 Å². The lowest BCUT2D eigenvalue weighted by Crippen LogP contribution is -1.93. The number of rotatable bonds is 7. The molecule has 0 unspecified atom stereocenters. The van der Waals surface area contributed by atoms with Crippen LogP contribution >= 0.6 is 11.8 Å². The molecule has 0 fully saturated rings. The molecule has 0 amide bonds. The van der Waals surface area contributed by atoms with E-state index in [-0.39, 0.29) is 5.75 Å². The third-order valence-corrected chi connectivity index (χ3v) is 3.25. The standard InChI is InChI=1S/C13H15N5O2S/c1-3-6-21-13-15-12(17-18-13)16-14-8-9-7-10(20-2)4-5-11(9)19/h3-5,7-8,19H,1,6H2,2H3,(H2,15,16,17,18)/b14-8+. The van der Waals surface area contributed by atoms with E-state index < -0.39 is 0 Å². The maximum atomic E-state index is 9.71. The van der Waals surface area contributed by atoms with Gasteiger partial charge in [0.05, 0.1) is 13.3 Å². The van der Waals surface area contributed by atoms with Gasteiger partial charge in [-0.25, -0.2) is 10.5 Å². The van der Waals surface area contributed by atoms with Crippen molar-refractivity contribution >= 4 is 23.9 Å². The van der Waals surface area contributed by atoms with Crippen LogP contribution in [-0.2, 0) is 0 Å². The Labute approximate surface area is 126 Å². The number of aromatic amines is 1. The first kappa shape index (κ1) is 14.9. The van der Waals surface area contributed by atoms with E-state index in [9.17, 15) is 5.11 Å². The molecule has 0 aliphatic carbocycles. The molecule has 0 radical (unpaired) electrons. The molecule has 8 heteroatoms. The summed E-state index contributed by atoms with van der Waals surface area (Å²) in [6, 6.07) is 4.88. The molecule has 21 heavy (non-hydrogen) atoms. The SMILES string of the molecule is C=CCSc1n[nH]c(N/N=C/c2cc(OC)ccc2O)n1. The van der Waals surface area contributed by atoms with E-state index in [4.69, 9.17) is 4.74 Å². The van der Waals surface area contributed by atoms with E-state index in [2.05, 4.69) is 32.3 Å². The molecular weight excluding hydrogens is 290 g/mol. The number of phenols is 1. The Bertz CT molecular complexity index is 641. The zero-order valence-electron chi connectivity index (χ0n) is 11.4. The molecule has 0 saturated carbocycles. The molecule has 0 spiro atoms. The number of benzene rings is 1. The van der Waals surface area contributed by atoms with Gasteiger partial charge in [-0.05, 0) is 18.2 Å². The predicted molar refractivity (Wildman–Crippen MR) is 83.2 cm³/mol. The first-order valence-electron chi connectivity index (χ1n) is 6.05. The van der Waals surface area contributed by atoms with E-state index in [0.717, 1.165) is 5.75 Å². The van der Waals surface area contributed by atoms with Crippen molar-refractivity contribution in [2.45, 2.75) is 5.16 Å². The van der Waals surface area contributed by atoms with Gasteiger partial charge in [0.15, 0.2) is 0 Å². The maximum Gasteiger partial charge on any atom is 0.240 e. The van der Waals surface area contributed by atoms with Gasteiger partial charge in [-0.1, -0.05) is 17.8 Å². The summed E-state index contributed by atoms with van der Waals surface area (Å²) in [4.78, 5) is 4.17. The normalized spacial score (nSPS) is 10.7. The van der Waals surface area contributed by atoms with Gasteiger partial charge in [-0.2, -0.15) is 10.1 Å². The third-order valence-electron chi connectivity index (χ3n) is 2.40. The molecule has 0 atom stereocenters. The molecule has 0 bridgehead atoms. The van der Waals surface area contributed by atoms with E-state index in [1.54, 1.807) is 31.4 Å². The second kappa shape index (κ2) is 7.34. The highest BCUT2D eigenvalue weighted by Crippen LogP contribution is 2.21. The number of H-pyrrole nitrogens is 1. The largest absolute Gasteiger partial charge is 0.507 e. The molecule has 0 aliphatic heterocycles. The first-order valence-corrected chi connectivity index (χ1v) is 7.03. The molecule has 7 nitrogen and oxygen atoms in total. The smallest absolute Gasteiger partial charge is 0.240 e. The number of ether oxygens (including phenoxy) is 1. The van der Waals surface area contributed by atoms with Gasteiger partial charge in [0.1, 0.15) is 11.5 Å². The van der Waals surface area contributed by atoms with Crippen LogP contribution in [0.2, 0.25) is 0 Å². The lowest BCUT2D eigenvalue weighted by atomic mass is 10.2. The monoisotopic (exact) mass is 305 g/mol. The number of nitrogens with one attached hydrogen (secondary N) is 2. The number of thioether (sulfide) groups is 1. The average molecular weight is 305 g/mol. The minimum Gasteiger partial charge on any atom is -0.507 e. The van der Waals surface area contributed by atoms with Crippen molar-refractivity contribution in [1.29, 1.82) is 0 Å². The number of hydrazone groups is 1. The number of hydrogen-bond acceptors (Lipinski definition) is 7. The summed E-state index contributed by atoms with van der Waals surface area (Å²) in [6.45, 7) is 3.63. The Hall–Kier alpha value is -2.48. The van der Waals surface area contributed by atoms with Gasteiger partial charge in [0, 0.05) is 11.3 Å². The summed E-state index contributed by atoms with van der Waals surface area (Å²) in [5, 5.41) is 21.0. The van der Waals surface area contributed by atoms with Crippen LogP contribution in [0.1, 0.15) is 5.56 Å². The summed E-state index contributed by atoms with van der Waals surface area (Å²) in [6.07, 6.45) is 3.24. The van der Waals surface area contributed by atoms with Gasteiger partial charge in [-0.15, -0.1) is 11.7 Å². The fourth-order valence-electron chi connectivity index (χ4n) is 1.42. The quantitative estimate of drug-likeness (QED) is 0.314. The lowest BCUT2D eigenvalue weighted by molar-refractivity contribution is 0.412. The molecule has 1 heterocycles. The minimum absolute atomic E-state index is 0.112. The second-order valence-corrected chi connectivity index (χ2v) is 4.85. The summed E-state index contributed by atoms with van der Waals surface area (Å²) < 4.78 is 5.08. The van der Waals surface area contributed by atoms with Crippen LogP contribution in [0, 0.1) is 0 Å². The Morgan fingerprint density at radius 3 is 3.19 bits per heavy atom. The fourth-order valence-corrected chi connectivity index (χ4v) is 1.95. The molecule has 0 saturated heterocycles. The number of phenolic OH excluding ortho intramolecular Hbond substituents is 1. The molecule has 1 aromatic carbocycles. The number of anilines is 1. The van der Waals surface area contributed by atoms with Crippen LogP contribution in [0.15, 0.2) is 41.1 Å². The topological polar surface area (TPSA) is 95.4 Å². The highest BCUT2D eigenvalue weighted by atomic mass is 32.2. The zero-order chi connectivity index (χ0) is 15.1. The molecule has 0 aliphatic rings. The van der Waals surface area contributed by atoms with Crippen LogP contribution in [0.3, 0.4) is 0 Å². The summed E-state index contributed by atoms with van der Waals surface area (Å²) >= 11 is 1.46. The van der Waals surface area contributed by atoms with Crippen LogP contribution in [0.4, 0.5) is 5.95 Å². The zero-order valence-corrected chi connectivity index (χ0v) is 12.2. The molecule has 3 N–H and O–H groups in total. The van der Waals surface area contributed by atoms with Crippen molar-refractivity contribution in [1.82, 2.24) is 15.2 Å². The maximum absolute atomic E-state index is 9.71. The number of aromatic hydroxyl groups is 1. The first-order chi connectivity index (χ1) is 10.2. The Morgan fingerprint density at radius 1 is 1.57 bits per heavy atom. The molecule has 110 valence electrons. The van der Waals surface area contributed by atoms with Crippen LogP contribution in [0.5, 0.6) is 11.5 Å². The van der Waals surface area contributed by atoms with Gasteiger partial charge in [-0.3, -0.25) is 0 Å². The number of nitrogens with zero attached hydrogens (tertiary/aromatic N) is 3. The molecule has 2 rings (SSSR count). The number of hydrogen-bond donors (Lipinski definition) is 3. The van der Waals surface area contributed by atoms with Crippen molar-refractivity contribution < 1.29 is 9.84 Å². The average Bonchev–Trinajstić information content (AvgIpc) is 2.95. The number of aromatic nitrogens is 3. The minimum atomic E-state index is 0.112. The van der Waals surface area contributed by atoms with Crippen LogP contribution in [-0.4, -0.2) is 39.4 Å². The van der Waals surface area contributed by atoms with E-state index in [1.807, 2.05) is 0 Å².